The van der Waals surface area contributed by atoms with Crippen molar-refractivity contribution in [2.24, 2.45) is 0 Å². The van der Waals surface area contributed by atoms with E-state index in [9.17, 15) is 4.79 Å². The van der Waals surface area contributed by atoms with Crippen molar-refractivity contribution in [1.82, 2.24) is 15.1 Å². The fourth-order valence-electron chi connectivity index (χ4n) is 1.52. The third-order valence-electron chi connectivity index (χ3n) is 2.61. The number of nitrogens with two attached hydrogens (primary N) is 1. The highest BCUT2D eigenvalue weighted by atomic mass is 16.2. The molecule has 0 spiro atoms. The number of hydrogen-bond acceptors (Lipinski definition) is 3. The second kappa shape index (κ2) is 3.84. The largest absolute Gasteiger partial charge is 0.399 e. The van der Waals surface area contributed by atoms with Crippen LogP contribution in [-0.4, -0.2) is 34.6 Å². The summed E-state index contributed by atoms with van der Waals surface area (Å²) in [6.07, 6.45) is 0. The quantitative estimate of drug-likeness (QED) is 0.744. The maximum absolute atomic E-state index is 12.0. The van der Waals surface area contributed by atoms with Gasteiger partial charge in [0.25, 0.3) is 5.91 Å². The molecule has 0 unspecified atom stereocenters. The second-order valence-corrected chi connectivity index (χ2v) is 3.70. The third-order valence-corrected chi connectivity index (χ3v) is 2.61. The molecule has 16 heavy (non-hydrogen) atoms. The number of carbonyl (C=O) groups is 1. The van der Waals surface area contributed by atoms with E-state index in [1.165, 1.54) is 0 Å². The standard InChI is InChI=1S/C11H14N4O/c1-3-15(2)11(16)10-8-6-7(12)4-5-9(8)13-14-10/h4-6H,3,12H2,1-2H3,(H,13,14). The van der Waals surface area contributed by atoms with Crippen LogP contribution in [0.1, 0.15) is 17.4 Å². The smallest absolute Gasteiger partial charge is 0.274 e. The van der Waals surface area contributed by atoms with E-state index < -0.39 is 0 Å². The number of carbonyl (C=O) groups excluding carboxylic acids is 1. The van der Waals surface area contributed by atoms with Crippen LogP contribution in [0.3, 0.4) is 0 Å². The molecule has 84 valence electrons. The molecule has 3 N–H and O–H groups in total. The summed E-state index contributed by atoms with van der Waals surface area (Å²) in [7, 11) is 1.75. The molecule has 2 rings (SSSR count). The Morgan fingerprint density at radius 3 is 3.00 bits per heavy atom. The molecule has 1 aromatic carbocycles. The van der Waals surface area contributed by atoms with Gasteiger partial charge < -0.3 is 10.6 Å². The number of aromatic nitrogens is 2. The Hall–Kier alpha value is -2.04. The number of fused-ring (bicyclic) bond motifs is 1. The molecule has 1 amide bonds. The summed E-state index contributed by atoms with van der Waals surface area (Å²) in [4.78, 5) is 13.6. The van der Waals surface area contributed by atoms with E-state index in [2.05, 4.69) is 10.2 Å². The Kier molecular flexibility index (Phi) is 2.52. The van der Waals surface area contributed by atoms with Crippen molar-refractivity contribution in [3.05, 3.63) is 23.9 Å². The number of nitrogen functional groups attached to an aromatic ring is 1. The van der Waals surface area contributed by atoms with Crippen LogP contribution in [0.2, 0.25) is 0 Å². The molecule has 0 aliphatic heterocycles. The lowest BCUT2D eigenvalue weighted by Gasteiger charge is -2.12. The number of anilines is 1. The lowest BCUT2D eigenvalue weighted by atomic mass is 10.2. The minimum atomic E-state index is -0.0978. The topological polar surface area (TPSA) is 75.0 Å². The second-order valence-electron chi connectivity index (χ2n) is 3.70. The molecule has 1 aromatic heterocycles. The number of benzene rings is 1. The zero-order valence-electron chi connectivity index (χ0n) is 9.32. The number of nitrogens with zero attached hydrogens (tertiary/aromatic N) is 2. The summed E-state index contributed by atoms with van der Waals surface area (Å²) >= 11 is 0. The minimum absolute atomic E-state index is 0.0978. The van der Waals surface area contributed by atoms with E-state index in [1.54, 1.807) is 24.1 Å². The Bertz CT molecular complexity index is 532. The first-order chi connectivity index (χ1) is 7.63. The molecule has 0 bridgehead atoms. The highest BCUT2D eigenvalue weighted by Gasteiger charge is 2.16. The van der Waals surface area contributed by atoms with E-state index in [4.69, 9.17) is 5.73 Å². The maximum Gasteiger partial charge on any atom is 0.274 e. The molecule has 0 saturated carbocycles. The first kappa shape index (κ1) is 10.5. The average Bonchev–Trinajstić information content (AvgIpc) is 2.69. The Labute approximate surface area is 93.2 Å². The molecule has 2 aromatic rings. The maximum atomic E-state index is 12.0. The molecular weight excluding hydrogens is 204 g/mol. The van der Waals surface area contributed by atoms with Crippen LogP contribution >= 0.6 is 0 Å². The lowest BCUT2D eigenvalue weighted by molar-refractivity contribution is 0.0798. The molecule has 0 atom stereocenters. The van der Waals surface area contributed by atoms with Crippen molar-refractivity contribution in [3.63, 3.8) is 0 Å². The van der Waals surface area contributed by atoms with Crippen molar-refractivity contribution in [3.8, 4) is 0 Å². The number of aromatic amines is 1. The number of H-pyrrole nitrogens is 1. The van der Waals surface area contributed by atoms with Crippen molar-refractivity contribution in [2.45, 2.75) is 6.92 Å². The van der Waals surface area contributed by atoms with Crippen molar-refractivity contribution in [2.75, 3.05) is 19.3 Å². The summed E-state index contributed by atoms with van der Waals surface area (Å²) in [6, 6.07) is 5.36. The molecule has 0 fully saturated rings. The first-order valence-corrected chi connectivity index (χ1v) is 5.12. The average molecular weight is 218 g/mol. The van der Waals surface area contributed by atoms with Crippen LogP contribution in [0.4, 0.5) is 5.69 Å². The fraction of sp³-hybridized carbons (Fsp3) is 0.273. The van der Waals surface area contributed by atoms with Gasteiger partial charge in [0, 0.05) is 24.7 Å². The number of hydrogen-bond donors (Lipinski definition) is 2. The summed E-state index contributed by atoms with van der Waals surface area (Å²) in [5, 5.41) is 7.62. The van der Waals surface area contributed by atoms with Crippen molar-refractivity contribution >= 4 is 22.5 Å². The molecular formula is C11H14N4O. The van der Waals surface area contributed by atoms with E-state index in [0.717, 1.165) is 10.9 Å². The van der Waals surface area contributed by atoms with Gasteiger partial charge in [0.15, 0.2) is 5.69 Å². The Morgan fingerprint density at radius 2 is 2.31 bits per heavy atom. The zero-order chi connectivity index (χ0) is 11.7. The molecule has 5 heteroatoms. The highest BCUT2D eigenvalue weighted by Crippen LogP contribution is 2.19. The molecule has 1 heterocycles. The number of rotatable bonds is 2. The third kappa shape index (κ3) is 1.60. The van der Waals surface area contributed by atoms with Gasteiger partial charge >= 0.3 is 0 Å². The van der Waals surface area contributed by atoms with Crippen molar-refractivity contribution < 1.29 is 4.79 Å². The summed E-state index contributed by atoms with van der Waals surface area (Å²) in [6.45, 7) is 2.57. The van der Waals surface area contributed by atoms with Crippen LogP contribution in [0.15, 0.2) is 18.2 Å². The molecule has 0 saturated heterocycles. The molecule has 0 radical (unpaired) electrons. The predicted molar refractivity (Wildman–Crippen MR) is 63.1 cm³/mol. The van der Waals surface area contributed by atoms with Gasteiger partial charge in [0.2, 0.25) is 0 Å². The van der Waals surface area contributed by atoms with Gasteiger partial charge in [-0.3, -0.25) is 9.89 Å². The molecule has 0 aliphatic rings. The van der Waals surface area contributed by atoms with Crippen LogP contribution in [0, 0.1) is 0 Å². The molecule has 0 aliphatic carbocycles. The first-order valence-electron chi connectivity index (χ1n) is 5.12. The normalized spacial score (nSPS) is 10.6. The summed E-state index contributed by atoms with van der Waals surface area (Å²) in [5.41, 5.74) is 7.57. The monoisotopic (exact) mass is 218 g/mol. The lowest BCUT2D eigenvalue weighted by Crippen LogP contribution is -2.26. The van der Waals surface area contributed by atoms with E-state index in [1.807, 2.05) is 13.0 Å². The molecule has 5 nitrogen and oxygen atoms in total. The van der Waals surface area contributed by atoms with Crippen LogP contribution in [0.5, 0.6) is 0 Å². The van der Waals surface area contributed by atoms with Crippen LogP contribution in [-0.2, 0) is 0 Å². The van der Waals surface area contributed by atoms with Crippen LogP contribution < -0.4 is 5.73 Å². The van der Waals surface area contributed by atoms with Gasteiger partial charge in [-0.2, -0.15) is 5.10 Å². The van der Waals surface area contributed by atoms with Gasteiger partial charge in [0.05, 0.1) is 5.52 Å². The van der Waals surface area contributed by atoms with E-state index in [-0.39, 0.29) is 5.91 Å². The van der Waals surface area contributed by atoms with Crippen LogP contribution in [0.25, 0.3) is 10.9 Å². The van der Waals surface area contributed by atoms with Gasteiger partial charge in [-0.25, -0.2) is 0 Å². The van der Waals surface area contributed by atoms with E-state index in [0.29, 0.717) is 17.9 Å². The van der Waals surface area contributed by atoms with Crippen molar-refractivity contribution in [1.29, 1.82) is 0 Å². The van der Waals surface area contributed by atoms with Gasteiger partial charge in [-0.15, -0.1) is 0 Å². The Morgan fingerprint density at radius 1 is 1.56 bits per heavy atom. The minimum Gasteiger partial charge on any atom is -0.399 e. The summed E-state index contributed by atoms with van der Waals surface area (Å²) < 4.78 is 0. The summed E-state index contributed by atoms with van der Waals surface area (Å²) in [5.74, 6) is -0.0978. The highest BCUT2D eigenvalue weighted by molar-refractivity contribution is 6.05. The Balaban J connectivity index is 2.53. The number of nitrogens with one attached hydrogen (secondary N) is 1. The predicted octanol–water partition coefficient (Wildman–Crippen LogP) is 1.24. The van der Waals surface area contributed by atoms with Gasteiger partial charge in [-0.05, 0) is 25.1 Å². The van der Waals surface area contributed by atoms with E-state index >= 15 is 0 Å². The zero-order valence-corrected chi connectivity index (χ0v) is 9.32. The fourth-order valence-corrected chi connectivity index (χ4v) is 1.52. The number of amides is 1. The van der Waals surface area contributed by atoms with Gasteiger partial charge in [-0.1, -0.05) is 0 Å². The SMILES string of the molecule is CCN(C)C(=O)c1n[nH]c2ccc(N)cc12. The van der Waals surface area contributed by atoms with Gasteiger partial charge in [0.1, 0.15) is 0 Å².